The Morgan fingerprint density at radius 2 is 1.37 bits per heavy atom. The third kappa shape index (κ3) is 3.76. The van der Waals surface area contributed by atoms with E-state index in [-0.39, 0.29) is 11.2 Å². The van der Waals surface area contributed by atoms with E-state index >= 15 is 0 Å². The average molecular weight is 260 g/mol. The van der Waals surface area contributed by atoms with Crippen molar-refractivity contribution in [3.8, 4) is 11.5 Å². The number of allylic oxidation sites excluding steroid dienone is 1. The highest BCUT2D eigenvalue weighted by Crippen LogP contribution is 2.37. The van der Waals surface area contributed by atoms with Crippen molar-refractivity contribution in [2.24, 2.45) is 0 Å². The molecule has 0 bridgehead atoms. The molecular weight excluding hydrogens is 236 g/mol. The summed E-state index contributed by atoms with van der Waals surface area (Å²) in [7, 11) is 0. The van der Waals surface area contributed by atoms with Crippen LogP contribution in [0.5, 0.6) is 11.5 Å². The standard InChI is InChI=1S/C17H24O2/c1-16(2,3)18-14-10-12-8-7-9-13(12)11-15(14)19-17(4,5)6/h7-8,10-11H,9H2,1-6H3. The Hall–Kier alpha value is -1.44. The van der Waals surface area contributed by atoms with Crippen LogP contribution in [0, 0.1) is 0 Å². The van der Waals surface area contributed by atoms with Crippen LogP contribution < -0.4 is 9.47 Å². The normalized spacial score (nSPS) is 14.4. The lowest BCUT2D eigenvalue weighted by molar-refractivity contribution is 0.0956. The van der Waals surface area contributed by atoms with Gasteiger partial charge in [0.2, 0.25) is 0 Å². The van der Waals surface area contributed by atoms with Crippen molar-refractivity contribution in [2.75, 3.05) is 0 Å². The first-order chi connectivity index (χ1) is 8.64. The summed E-state index contributed by atoms with van der Waals surface area (Å²) in [6, 6.07) is 4.20. The fourth-order valence-electron chi connectivity index (χ4n) is 2.08. The zero-order chi connectivity index (χ0) is 14.3. The van der Waals surface area contributed by atoms with E-state index < -0.39 is 0 Å². The molecule has 1 aromatic rings. The predicted octanol–water partition coefficient (Wildman–Crippen LogP) is 4.61. The lowest BCUT2D eigenvalue weighted by Gasteiger charge is -2.27. The summed E-state index contributed by atoms with van der Waals surface area (Å²) >= 11 is 0. The molecular formula is C17H24O2. The zero-order valence-corrected chi connectivity index (χ0v) is 12.8. The first kappa shape index (κ1) is 14.0. The summed E-state index contributed by atoms with van der Waals surface area (Å²) in [5.41, 5.74) is 2.09. The second-order valence-corrected chi connectivity index (χ2v) is 7.03. The highest BCUT2D eigenvalue weighted by Gasteiger charge is 2.22. The van der Waals surface area contributed by atoms with Gasteiger partial charge in [0, 0.05) is 0 Å². The van der Waals surface area contributed by atoms with Crippen molar-refractivity contribution in [1.82, 2.24) is 0 Å². The fraction of sp³-hybridized carbons (Fsp3) is 0.529. The highest BCUT2D eigenvalue weighted by molar-refractivity contribution is 5.65. The summed E-state index contributed by atoms with van der Waals surface area (Å²) in [5.74, 6) is 1.66. The molecule has 0 aromatic heterocycles. The molecule has 0 unspecified atom stereocenters. The molecule has 0 saturated carbocycles. The Labute approximate surface area is 116 Å². The first-order valence-corrected chi connectivity index (χ1v) is 6.86. The Balaban J connectivity index is 2.40. The summed E-state index contributed by atoms with van der Waals surface area (Å²) in [6.07, 6.45) is 5.30. The Morgan fingerprint density at radius 1 is 0.842 bits per heavy atom. The number of benzene rings is 1. The molecule has 19 heavy (non-hydrogen) atoms. The van der Waals surface area contributed by atoms with Crippen molar-refractivity contribution in [1.29, 1.82) is 0 Å². The van der Waals surface area contributed by atoms with Gasteiger partial charge in [0.05, 0.1) is 0 Å². The van der Waals surface area contributed by atoms with E-state index in [1.165, 1.54) is 11.1 Å². The number of rotatable bonds is 2. The quantitative estimate of drug-likeness (QED) is 0.773. The highest BCUT2D eigenvalue weighted by atomic mass is 16.5. The van der Waals surface area contributed by atoms with Gasteiger partial charge in [-0.05, 0) is 71.2 Å². The van der Waals surface area contributed by atoms with Gasteiger partial charge in [0.15, 0.2) is 11.5 Å². The van der Waals surface area contributed by atoms with Crippen LogP contribution in [0.2, 0.25) is 0 Å². The van der Waals surface area contributed by atoms with E-state index in [2.05, 4.69) is 65.8 Å². The van der Waals surface area contributed by atoms with E-state index in [1.54, 1.807) is 0 Å². The number of hydrogen-bond acceptors (Lipinski definition) is 2. The molecule has 1 aliphatic carbocycles. The fourth-order valence-corrected chi connectivity index (χ4v) is 2.08. The third-order valence-electron chi connectivity index (χ3n) is 2.67. The number of hydrogen-bond donors (Lipinski definition) is 0. The zero-order valence-electron chi connectivity index (χ0n) is 12.8. The minimum atomic E-state index is -0.230. The van der Waals surface area contributed by atoms with Gasteiger partial charge in [0.1, 0.15) is 11.2 Å². The van der Waals surface area contributed by atoms with Crippen molar-refractivity contribution in [3.63, 3.8) is 0 Å². The molecule has 0 fully saturated rings. The molecule has 104 valence electrons. The van der Waals surface area contributed by atoms with Crippen LogP contribution in [0.3, 0.4) is 0 Å². The second kappa shape index (κ2) is 4.59. The van der Waals surface area contributed by atoms with Crippen molar-refractivity contribution >= 4 is 6.08 Å². The molecule has 2 heteroatoms. The van der Waals surface area contributed by atoms with Gasteiger partial charge in [-0.3, -0.25) is 0 Å². The van der Waals surface area contributed by atoms with Crippen molar-refractivity contribution < 1.29 is 9.47 Å². The molecule has 0 atom stereocenters. The van der Waals surface area contributed by atoms with Gasteiger partial charge < -0.3 is 9.47 Å². The number of fused-ring (bicyclic) bond motifs is 1. The van der Waals surface area contributed by atoms with E-state index in [1.807, 2.05) is 0 Å². The van der Waals surface area contributed by atoms with E-state index in [0.717, 1.165) is 17.9 Å². The molecule has 2 rings (SSSR count). The molecule has 0 amide bonds. The smallest absolute Gasteiger partial charge is 0.162 e. The molecule has 0 spiro atoms. The van der Waals surface area contributed by atoms with Gasteiger partial charge in [-0.25, -0.2) is 0 Å². The van der Waals surface area contributed by atoms with Crippen molar-refractivity contribution in [2.45, 2.75) is 59.2 Å². The largest absolute Gasteiger partial charge is 0.484 e. The van der Waals surface area contributed by atoms with Crippen LogP contribution in [-0.4, -0.2) is 11.2 Å². The van der Waals surface area contributed by atoms with Gasteiger partial charge in [-0.1, -0.05) is 12.2 Å². The van der Waals surface area contributed by atoms with Gasteiger partial charge in [-0.15, -0.1) is 0 Å². The summed E-state index contributed by atoms with van der Waals surface area (Å²) in [5, 5.41) is 0. The summed E-state index contributed by atoms with van der Waals surface area (Å²) < 4.78 is 12.1. The minimum absolute atomic E-state index is 0.226. The summed E-state index contributed by atoms with van der Waals surface area (Å²) in [4.78, 5) is 0. The van der Waals surface area contributed by atoms with Crippen LogP contribution >= 0.6 is 0 Å². The maximum Gasteiger partial charge on any atom is 0.162 e. The van der Waals surface area contributed by atoms with E-state index in [9.17, 15) is 0 Å². The maximum atomic E-state index is 6.05. The average Bonchev–Trinajstić information content (AvgIpc) is 2.60. The maximum absolute atomic E-state index is 6.05. The van der Waals surface area contributed by atoms with Gasteiger partial charge in [-0.2, -0.15) is 0 Å². The molecule has 0 N–H and O–H groups in total. The Morgan fingerprint density at radius 3 is 1.89 bits per heavy atom. The molecule has 0 heterocycles. The molecule has 0 saturated heterocycles. The van der Waals surface area contributed by atoms with Gasteiger partial charge in [0.25, 0.3) is 0 Å². The minimum Gasteiger partial charge on any atom is -0.484 e. The van der Waals surface area contributed by atoms with Crippen molar-refractivity contribution in [3.05, 3.63) is 29.3 Å². The topological polar surface area (TPSA) is 18.5 Å². The molecule has 1 aliphatic rings. The molecule has 1 aromatic carbocycles. The first-order valence-electron chi connectivity index (χ1n) is 6.86. The Bertz CT molecular complexity index is 499. The lowest BCUT2D eigenvalue weighted by atomic mass is 10.1. The molecule has 0 aliphatic heterocycles. The number of ether oxygens (including phenoxy) is 2. The molecule has 0 radical (unpaired) electrons. The monoisotopic (exact) mass is 260 g/mol. The van der Waals surface area contributed by atoms with E-state index in [4.69, 9.17) is 9.47 Å². The lowest BCUT2D eigenvalue weighted by Crippen LogP contribution is -2.26. The third-order valence-corrected chi connectivity index (χ3v) is 2.67. The SMILES string of the molecule is CC(C)(C)Oc1cc2c(cc1OC(C)(C)C)CC=C2. The van der Waals surface area contributed by atoms with E-state index in [0.29, 0.717) is 0 Å². The Kier molecular flexibility index (Phi) is 3.38. The molecule has 2 nitrogen and oxygen atoms in total. The van der Waals surface area contributed by atoms with Crippen LogP contribution in [0.1, 0.15) is 52.7 Å². The van der Waals surface area contributed by atoms with Crippen LogP contribution in [0.25, 0.3) is 6.08 Å². The van der Waals surface area contributed by atoms with Gasteiger partial charge >= 0.3 is 0 Å². The van der Waals surface area contributed by atoms with Crippen LogP contribution in [0.15, 0.2) is 18.2 Å². The second-order valence-electron chi connectivity index (χ2n) is 7.03. The predicted molar refractivity (Wildman–Crippen MR) is 79.9 cm³/mol. The van der Waals surface area contributed by atoms with Crippen LogP contribution in [0.4, 0.5) is 0 Å². The summed E-state index contributed by atoms with van der Waals surface area (Å²) in [6.45, 7) is 12.3. The van der Waals surface area contributed by atoms with Crippen LogP contribution in [-0.2, 0) is 6.42 Å².